The van der Waals surface area contributed by atoms with Crippen LogP contribution in [0.25, 0.3) is 0 Å². The van der Waals surface area contributed by atoms with Crippen molar-refractivity contribution in [3.63, 3.8) is 0 Å². The van der Waals surface area contributed by atoms with Crippen molar-refractivity contribution in [1.82, 2.24) is 9.80 Å². The summed E-state index contributed by atoms with van der Waals surface area (Å²) in [6.07, 6.45) is 5.89. The Morgan fingerprint density at radius 1 is 1.39 bits per heavy atom. The number of likely N-dealkylation sites (N-methyl/N-ethyl adjacent to an activating group) is 1. The van der Waals surface area contributed by atoms with Gasteiger partial charge in [-0.3, -0.25) is 9.80 Å². The second-order valence-electron chi connectivity index (χ2n) is 5.51. The lowest BCUT2D eigenvalue weighted by molar-refractivity contribution is -0.0521. The van der Waals surface area contributed by atoms with Gasteiger partial charge in [-0.25, -0.2) is 0 Å². The fraction of sp³-hybridized carbons (Fsp3) is 1.00. The molecule has 2 aliphatic rings. The second kappa shape index (κ2) is 7.83. The average Bonchev–Trinajstić information content (AvgIpc) is 2.34. The fourth-order valence-corrected chi connectivity index (χ4v) is 3.13. The summed E-state index contributed by atoms with van der Waals surface area (Å²) in [6.45, 7) is 8.90. The smallest absolute Gasteiger partial charge is 0.0829 e. The summed E-state index contributed by atoms with van der Waals surface area (Å²) in [5, 5.41) is 1.11. The van der Waals surface area contributed by atoms with Crippen molar-refractivity contribution in [3.8, 4) is 0 Å². The van der Waals surface area contributed by atoms with Gasteiger partial charge in [-0.1, -0.05) is 29.3 Å². The molecule has 0 bridgehead atoms. The molecular formula is C14H27BrN2O. The van der Waals surface area contributed by atoms with Gasteiger partial charge in [0.1, 0.15) is 0 Å². The SMILES string of the molecule is CCN1CCOC(CN(CCCBr)C2CCC2)C1. The summed E-state index contributed by atoms with van der Waals surface area (Å²) in [4.78, 5) is 5.19. The number of alkyl halides is 1. The van der Waals surface area contributed by atoms with Crippen LogP contribution in [0.3, 0.4) is 0 Å². The first-order chi connectivity index (χ1) is 8.83. The van der Waals surface area contributed by atoms with E-state index in [0.717, 1.165) is 44.2 Å². The highest BCUT2D eigenvalue weighted by Gasteiger charge is 2.28. The van der Waals surface area contributed by atoms with Gasteiger partial charge in [0.25, 0.3) is 0 Å². The van der Waals surface area contributed by atoms with E-state index >= 15 is 0 Å². The second-order valence-corrected chi connectivity index (χ2v) is 6.30. The molecule has 0 N–H and O–H groups in total. The number of rotatable bonds is 7. The molecule has 0 aromatic heterocycles. The van der Waals surface area contributed by atoms with Crippen molar-refractivity contribution in [1.29, 1.82) is 0 Å². The standard InChI is InChI=1S/C14H27BrN2O/c1-2-16-9-10-18-14(11-16)12-17(8-4-7-15)13-5-3-6-13/h13-14H,2-12H2,1H3. The van der Waals surface area contributed by atoms with Crippen molar-refractivity contribution < 1.29 is 4.74 Å². The summed E-state index contributed by atoms with van der Waals surface area (Å²) in [5.74, 6) is 0. The molecule has 18 heavy (non-hydrogen) atoms. The van der Waals surface area contributed by atoms with Gasteiger partial charge in [-0.15, -0.1) is 0 Å². The Bertz CT molecular complexity index is 236. The van der Waals surface area contributed by atoms with E-state index in [1.807, 2.05) is 0 Å². The van der Waals surface area contributed by atoms with Gasteiger partial charge in [0.15, 0.2) is 0 Å². The van der Waals surface area contributed by atoms with Crippen molar-refractivity contribution in [3.05, 3.63) is 0 Å². The van der Waals surface area contributed by atoms with Gasteiger partial charge in [-0.2, -0.15) is 0 Å². The minimum absolute atomic E-state index is 0.426. The Kier molecular flexibility index (Phi) is 6.42. The lowest BCUT2D eigenvalue weighted by atomic mass is 9.91. The number of ether oxygens (including phenoxy) is 1. The van der Waals surface area contributed by atoms with E-state index in [1.54, 1.807) is 0 Å². The molecule has 0 radical (unpaired) electrons. The Labute approximate surface area is 120 Å². The molecule has 1 heterocycles. The van der Waals surface area contributed by atoms with E-state index in [0.29, 0.717) is 6.10 Å². The molecule has 1 saturated carbocycles. The van der Waals surface area contributed by atoms with Gasteiger partial charge in [0.2, 0.25) is 0 Å². The molecule has 3 nitrogen and oxygen atoms in total. The summed E-state index contributed by atoms with van der Waals surface area (Å²) < 4.78 is 5.94. The third kappa shape index (κ3) is 4.19. The first kappa shape index (κ1) is 14.8. The van der Waals surface area contributed by atoms with Crippen LogP contribution in [-0.2, 0) is 4.74 Å². The van der Waals surface area contributed by atoms with E-state index in [-0.39, 0.29) is 0 Å². The highest BCUT2D eigenvalue weighted by Crippen LogP contribution is 2.25. The quantitative estimate of drug-likeness (QED) is 0.670. The van der Waals surface area contributed by atoms with Gasteiger partial charge in [0.05, 0.1) is 12.7 Å². The third-order valence-corrected chi connectivity index (χ3v) is 4.84. The van der Waals surface area contributed by atoms with Crippen molar-refractivity contribution in [2.24, 2.45) is 0 Å². The maximum absolute atomic E-state index is 5.94. The monoisotopic (exact) mass is 318 g/mol. The summed E-state index contributed by atoms with van der Waals surface area (Å²) in [6, 6.07) is 0.838. The normalized spacial score (nSPS) is 26.5. The zero-order chi connectivity index (χ0) is 12.8. The molecule has 2 fully saturated rings. The van der Waals surface area contributed by atoms with E-state index in [1.165, 1.54) is 32.2 Å². The first-order valence-corrected chi connectivity index (χ1v) is 8.59. The topological polar surface area (TPSA) is 15.7 Å². The molecule has 1 unspecified atom stereocenters. The predicted molar refractivity (Wildman–Crippen MR) is 79.5 cm³/mol. The molecule has 1 aliphatic heterocycles. The van der Waals surface area contributed by atoms with E-state index < -0.39 is 0 Å². The van der Waals surface area contributed by atoms with Crippen LogP contribution in [0.2, 0.25) is 0 Å². The molecule has 1 saturated heterocycles. The lowest BCUT2D eigenvalue weighted by Crippen LogP contribution is -2.51. The van der Waals surface area contributed by atoms with Crippen LogP contribution >= 0.6 is 15.9 Å². The van der Waals surface area contributed by atoms with Crippen molar-refractivity contribution >= 4 is 15.9 Å². The highest BCUT2D eigenvalue weighted by molar-refractivity contribution is 9.09. The average molecular weight is 319 g/mol. The zero-order valence-electron chi connectivity index (χ0n) is 11.6. The number of morpholine rings is 1. The molecule has 4 heteroatoms. The van der Waals surface area contributed by atoms with E-state index in [9.17, 15) is 0 Å². The predicted octanol–water partition coefficient (Wildman–Crippen LogP) is 2.35. The number of hydrogen-bond donors (Lipinski definition) is 0. The van der Waals surface area contributed by atoms with Crippen LogP contribution < -0.4 is 0 Å². The molecule has 0 spiro atoms. The van der Waals surface area contributed by atoms with Crippen LogP contribution in [-0.4, -0.2) is 66.6 Å². The summed E-state index contributed by atoms with van der Waals surface area (Å²) in [5.41, 5.74) is 0. The molecular weight excluding hydrogens is 292 g/mol. The molecule has 1 atom stereocenters. The molecule has 0 aromatic rings. The first-order valence-electron chi connectivity index (χ1n) is 7.47. The number of halogens is 1. The molecule has 0 amide bonds. The van der Waals surface area contributed by atoms with Crippen molar-refractivity contribution in [2.45, 2.75) is 44.8 Å². The van der Waals surface area contributed by atoms with Crippen LogP contribution in [0, 0.1) is 0 Å². The van der Waals surface area contributed by atoms with Gasteiger partial charge in [-0.05, 0) is 32.4 Å². The Morgan fingerprint density at radius 3 is 2.83 bits per heavy atom. The number of hydrogen-bond acceptors (Lipinski definition) is 3. The molecule has 106 valence electrons. The van der Waals surface area contributed by atoms with Crippen LogP contribution in [0.5, 0.6) is 0 Å². The molecule has 1 aliphatic carbocycles. The minimum Gasteiger partial charge on any atom is -0.374 e. The van der Waals surface area contributed by atoms with Crippen LogP contribution in [0.1, 0.15) is 32.6 Å². The van der Waals surface area contributed by atoms with Gasteiger partial charge < -0.3 is 4.74 Å². The Morgan fingerprint density at radius 2 is 2.22 bits per heavy atom. The minimum atomic E-state index is 0.426. The molecule has 2 rings (SSSR count). The Balaban J connectivity index is 1.79. The fourth-order valence-electron chi connectivity index (χ4n) is 2.88. The Hall–Kier alpha value is 0.360. The maximum atomic E-state index is 5.94. The summed E-state index contributed by atoms with van der Waals surface area (Å²) >= 11 is 3.55. The maximum Gasteiger partial charge on any atom is 0.0829 e. The number of nitrogens with zero attached hydrogens (tertiary/aromatic N) is 2. The largest absolute Gasteiger partial charge is 0.374 e. The van der Waals surface area contributed by atoms with Crippen molar-refractivity contribution in [2.75, 3.05) is 44.7 Å². The lowest BCUT2D eigenvalue weighted by Gasteiger charge is -2.41. The zero-order valence-corrected chi connectivity index (χ0v) is 13.2. The highest BCUT2D eigenvalue weighted by atomic mass is 79.9. The van der Waals surface area contributed by atoms with Crippen LogP contribution in [0.15, 0.2) is 0 Å². The van der Waals surface area contributed by atoms with E-state index in [4.69, 9.17) is 4.74 Å². The van der Waals surface area contributed by atoms with Gasteiger partial charge >= 0.3 is 0 Å². The van der Waals surface area contributed by atoms with E-state index in [2.05, 4.69) is 32.7 Å². The van der Waals surface area contributed by atoms with Gasteiger partial charge in [0, 0.05) is 31.0 Å². The summed E-state index contributed by atoms with van der Waals surface area (Å²) in [7, 11) is 0. The molecule has 0 aromatic carbocycles. The third-order valence-electron chi connectivity index (χ3n) is 4.28. The van der Waals surface area contributed by atoms with Crippen LogP contribution in [0.4, 0.5) is 0 Å².